The maximum Gasteiger partial charge on any atom is 0.255 e. The summed E-state index contributed by atoms with van der Waals surface area (Å²) in [5, 5.41) is 3.32. The van der Waals surface area contributed by atoms with E-state index in [4.69, 9.17) is 4.74 Å². The standard InChI is InChI=1S/C15H16N2O2/c1-19-14-5-3-2-4-13(14)17-12-8-9-16-10-11(12)6-7-15(17)18/h2-7,16H,8-10H2,1H3. The number of ether oxygens (including phenoxy) is 1. The second-order valence-electron chi connectivity index (χ2n) is 4.58. The largest absolute Gasteiger partial charge is 0.495 e. The molecular formula is C15H16N2O2. The quantitative estimate of drug-likeness (QED) is 0.885. The van der Waals surface area contributed by atoms with E-state index in [9.17, 15) is 4.79 Å². The fourth-order valence-corrected chi connectivity index (χ4v) is 2.56. The van der Waals surface area contributed by atoms with Crippen LogP contribution >= 0.6 is 0 Å². The molecule has 0 saturated heterocycles. The zero-order chi connectivity index (χ0) is 13.2. The van der Waals surface area contributed by atoms with Crippen molar-refractivity contribution in [1.29, 1.82) is 0 Å². The zero-order valence-corrected chi connectivity index (χ0v) is 10.8. The third-order valence-electron chi connectivity index (χ3n) is 3.47. The lowest BCUT2D eigenvalue weighted by Gasteiger charge is -2.22. The fourth-order valence-electron chi connectivity index (χ4n) is 2.56. The van der Waals surface area contributed by atoms with Crippen molar-refractivity contribution < 1.29 is 4.74 Å². The van der Waals surface area contributed by atoms with Crippen molar-refractivity contribution in [3.8, 4) is 11.4 Å². The van der Waals surface area contributed by atoms with Crippen LogP contribution in [-0.2, 0) is 13.0 Å². The van der Waals surface area contributed by atoms with Crippen LogP contribution in [0, 0.1) is 0 Å². The average Bonchev–Trinajstić information content (AvgIpc) is 2.47. The molecule has 19 heavy (non-hydrogen) atoms. The normalized spacial score (nSPS) is 13.9. The van der Waals surface area contributed by atoms with Gasteiger partial charge in [-0.2, -0.15) is 0 Å². The van der Waals surface area contributed by atoms with Crippen LogP contribution in [0.25, 0.3) is 5.69 Å². The Balaban J connectivity index is 2.27. The molecule has 4 nitrogen and oxygen atoms in total. The first kappa shape index (κ1) is 12.0. The molecule has 0 unspecified atom stereocenters. The maximum absolute atomic E-state index is 12.2. The van der Waals surface area contributed by atoms with E-state index in [0.29, 0.717) is 0 Å². The molecule has 1 aliphatic heterocycles. The highest BCUT2D eigenvalue weighted by molar-refractivity contribution is 5.49. The Morgan fingerprint density at radius 1 is 1.21 bits per heavy atom. The molecule has 1 aromatic carbocycles. The summed E-state index contributed by atoms with van der Waals surface area (Å²) >= 11 is 0. The first-order valence-electron chi connectivity index (χ1n) is 6.39. The molecule has 1 aromatic heterocycles. The summed E-state index contributed by atoms with van der Waals surface area (Å²) in [4.78, 5) is 12.2. The zero-order valence-electron chi connectivity index (χ0n) is 10.8. The topological polar surface area (TPSA) is 43.3 Å². The van der Waals surface area contributed by atoms with E-state index in [1.807, 2.05) is 30.3 Å². The molecule has 1 aliphatic rings. The molecule has 2 heterocycles. The molecule has 0 atom stereocenters. The van der Waals surface area contributed by atoms with Crippen molar-refractivity contribution in [1.82, 2.24) is 9.88 Å². The van der Waals surface area contributed by atoms with Crippen LogP contribution in [0.15, 0.2) is 41.2 Å². The van der Waals surface area contributed by atoms with Crippen LogP contribution in [0.3, 0.4) is 0 Å². The Kier molecular flexibility index (Phi) is 3.09. The number of pyridine rings is 1. The minimum Gasteiger partial charge on any atom is -0.495 e. The van der Waals surface area contributed by atoms with Crippen LogP contribution in [0.1, 0.15) is 11.3 Å². The van der Waals surface area contributed by atoms with E-state index in [2.05, 4.69) is 5.32 Å². The highest BCUT2D eigenvalue weighted by Gasteiger charge is 2.16. The number of hydrogen-bond acceptors (Lipinski definition) is 3. The average molecular weight is 256 g/mol. The van der Waals surface area contributed by atoms with Crippen molar-refractivity contribution in [3.05, 3.63) is 58.0 Å². The molecule has 98 valence electrons. The van der Waals surface area contributed by atoms with Gasteiger partial charge in [0, 0.05) is 31.3 Å². The minimum atomic E-state index is -0.00912. The molecule has 0 fully saturated rings. The van der Waals surface area contributed by atoms with Crippen molar-refractivity contribution in [2.75, 3.05) is 13.7 Å². The number of hydrogen-bond donors (Lipinski definition) is 1. The van der Waals surface area contributed by atoms with Gasteiger partial charge in [-0.1, -0.05) is 18.2 Å². The summed E-state index contributed by atoms with van der Waals surface area (Å²) in [5.41, 5.74) is 3.06. The third-order valence-corrected chi connectivity index (χ3v) is 3.47. The van der Waals surface area contributed by atoms with E-state index >= 15 is 0 Å². The van der Waals surface area contributed by atoms with Gasteiger partial charge >= 0.3 is 0 Å². The van der Waals surface area contributed by atoms with Gasteiger partial charge in [-0.3, -0.25) is 9.36 Å². The number of para-hydroxylation sites is 2. The van der Waals surface area contributed by atoms with Crippen LogP contribution in [0.4, 0.5) is 0 Å². The number of methoxy groups -OCH3 is 1. The lowest BCUT2D eigenvalue weighted by atomic mass is 10.1. The van der Waals surface area contributed by atoms with Crippen LogP contribution < -0.4 is 15.6 Å². The third kappa shape index (κ3) is 2.04. The van der Waals surface area contributed by atoms with E-state index < -0.39 is 0 Å². The Hall–Kier alpha value is -2.07. The fraction of sp³-hybridized carbons (Fsp3) is 0.267. The van der Waals surface area contributed by atoms with Crippen molar-refractivity contribution in [2.24, 2.45) is 0 Å². The van der Waals surface area contributed by atoms with Crippen LogP contribution in [-0.4, -0.2) is 18.2 Å². The van der Waals surface area contributed by atoms with Gasteiger partial charge in [0.1, 0.15) is 5.75 Å². The smallest absolute Gasteiger partial charge is 0.255 e. The lowest BCUT2D eigenvalue weighted by Crippen LogP contribution is -2.31. The second-order valence-corrected chi connectivity index (χ2v) is 4.58. The molecule has 2 aromatic rings. The number of benzene rings is 1. The minimum absolute atomic E-state index is 0.00912. The SMILES string of the molecule is COc1ccccc1-n1c2c(ccc1=O)CNCC2. The van der Waals surface area contributed by atoms with Crippen molar-refractivity contribution in [3.63, 3.8) is 0 Å². The Labute approximate surface area is 111 Å². The highest BCUT2D eigenvalue weighted by atomic mass is 16.5. The maximum atomic E-state index is 12.2. The van der Waals surface area contributed by atoms with E-state index in [1.165, 1.54) is 5.56 Å². The predicted octanol–water partition coefficient (Wildman–Crippen LogP) is 1.49. The summed E-state index contributed by atoms with van der Waals surface area (Å²) in [6.45, 7) is 1.70. The Morgan fingerprint density at radius 2 is 2.05 bits per heavy atom. The number of aromatic nitrogens is 1. The van der Waals surface area contributed by atoms with Gasteiger partial charge in [-0.15, -0.1) is 0 Å². The molecular weight excluding hydrogens is 240 g/mol. The summed E-state index contributed by atoms with van der Waals surface area (Å²) in [5.74, 6) is 0.719. The first-order valence-corrected chi connectivity index (χ1v) is 6.39. The van der Waals surface area contributed by atoms with E-state index in [-0.39, 0.29) is 5.56 Å². The lowest BCUT2D eigenvalue weighted by molar-refractivity contribution is 0.412. The number of nitrogens with zero attached hydrogens (tertiary/aromatic N) is 1. The molecule has 0 saturated carbocycles. The predicted molar refractivity (Wildman–Crippen MR) is 74.0 cm³/mol. The Morgan fingerprint density at radius 3 is 2.89 bits per heavy atom. The molecule has 0 aliphatic carbocycles. The molecule has 3 rings (SSSR count). The van der Waals surface area contributed by atoms with E-state index in [0.717, 1.165) is 36.6 Å². The molecule has 4 heteroatoms. The Bertz CT molecular complexity index is 661. The molecule has 0 bridgehead atoms. The summed E-state index contributed by atoms with van der Waals surface area (Å²) in [6.07, 6.45) is 0.851. The first-order chi connectivity index (χ1) is 9.31. The molecule has 1 N–H and O–H groups in total. The van der Waals surface area contributed by atoms with Gasteiger partial charge < -0.3 is 10.1 Å². The second kappa shape index (κ2) is 4.90. The summed E-state index contributed by atoms with van der Waals surface area (Å²) in [7, 11) is 1.63. The van der Waals surface area contributed by atoms with E-state index in [1.54, 1.807) is 17.7 Å². The highest BCUT2D eigenvalue weighted by Crippen LogP contribution is 2.24. The monoisotopic (exact) mass is 256 g/mol. The molecule has 0 spiro atoms. The van der Waals surface area contributed by atoms with Gasteiger partial charge in [-0.25, -0.2) is 0 Å². The van der Waals surface area contributed by atoms with Gasteiger partial charge in [0.2, 0.25) is 0 Å². The van der Waals surface area contributed by atoms with Gasteiger partial charge in [0.05, 0.1) is 12.8 Å². The van der Waals surface area contributed by atoms with Gasteiger partial charge in [0.25, 0.3) is 5.56 Å². The van der Waals surface area contributed by atoms with Gasteiger partial charge in [-0.05, 0) is 17.7 Å². The summed E-state index contributed by atoms with van der Waals surface area (Å²) < 4.78 is 7.14. The van der Waals surface area contributed by atoms with Gasteiger partial charge in [0.15, 0.2) is 0 Å². The van der Waals surface area contributed by atoms with Crippen LogP contribution in [0.5, 0.6) is 5.75 Å². The van der Waals surface area contributed by atoms with Crippen molar-refractivity contribution >= 4 is 0 Å². The molecule has 0 radical (unpaired) electrons. The number of fused-ring (bicyclic) bond motifs is 1. The summed E-state index contributed by atoms with van der Waals surface area (Å²) in [6, 6.07) is 11.2. The number of rotatable bonds is 2. The molecule has 0 amide bonds. The number of nitrogens with one attached hydrogen (secondary N) is 1. The van der Waals surface area contributed by atoms with Crippen LogP contribution in [0.2, 0.25) is 0 Å². The van der Waals surface area contributed by atoms with Crippen molar-refractivity contribution in [2.45, 2.75) is 13.0 Å².